The van der Waals surface area contributed by atoms with Crippen LogP contribution in [0.2, 0.25) is 0 Å². The van der Waals surface area contributed by atoms with Crippen molar-refractivity contribution < 1.29 is 0 Å². The Morgan fingerprint density at radius 1 is 0.962 bits per heavy atom. The van der Waals surface area contributed by atoms with Crippen LogP contribution < -0.4 is 5.73 Å². The number of aromatic amines is 1. The lowest BCUT2D eigenvalue weighted by atomic mass is 9.95. The van der Waals surface area contributed by atoms with Gasteiger partial charge in [-0.2, -0.15) is 0 Å². The first-order valence-corrected chi connectivity index (χ1v) is 9.35. The maximum atomic E-state index is 5.74. The zero-order chi connectivity index (χ0) is 18.1. The summed E-state index contributed by atoms with van der Waals surface area (Å²) < 4.78 is 0. The quantitative estimate of drug-likeness (QED) is 0.484. The number of nitrogens with one attached hydrogen (secondary N) is 1. The summed E-state index contributed by atoms with van der Waals surface area (Å²) in [5.74, 6) is 0. The van der Waals surface area contributed by atoms with Crippen molar-refractivity contribution in [1.82, 2.24) is 9.97 Å². The standard InChI is InChI=1S/C23H25N3/c1-15-11-12-16(2)22-21(15)19(7-3-4-13-24)23(26-22)18-8-5-10-20-17(18)9-6-14-25-20/h5-6,8-12,14,26H,3-4,7,13,24H2,1-2H3. The lowest BCUT2D eigenvalue weighted by Crippen LogP contribution is -1.99. The molecule has 0 atom stereocenters. The largest absolute Gasteiger partial charge is 0.354 e. The summed E-state index contributed by atoms with van der Waals surface area (Å²) in [4.78, 5) is 8.28. The zero-order valence-corrected chi connectivity index (χ0v) is 15.5. The third-order valence-corrected chi connectivity index (χ3v) is 5.27. The van der Waals surface area contributed by atoms with Gasteiger partial charge in [0.25, 0.3) is 0 Å². The first-order valence-electron chi connectivity index (χ1n) is 9.35. The van der Waals surface area contributed by atoms with Crippen molar-refractivity contribution in [3.05, 3.63) is 65.4 Å². The number of H-pyrrole nitrogens is 1. The maximum absolute atomic E-state index is 5.74. The Balaban J connectivity index is 2.00. The number of aromatic nitrogens is 2. The highest BCUT2D eigenvalue weighted by atomic mass is 14.7. The maximum Gasteiger partial charge on any atom is 0.0708 e. The van der Waals surface area contributed by atoms with Crippen molar-refractivity contribution in [2.45, 2.75) is 33.1 Å². The fourth-order valence-corrected chi connectivity index (χ4v) is 3.93. The van der Waals surface area contributed by atoms with E-state index < -0.39 is 0 Å². The lowest BCUT2D eigenvalue weighted by molar-refractivity contribution is 0.748. The van der Waals surface area contributed by atoms with Gasteiger partial charge in [0.1, 0.15) is 0 Å². The Morgan fingerprint density at radius 2 is 1.81 bits per heavy atom. The summed E-state index contributed by atoms with van der Waals surface area (Å²) in [6.07, 6.45) is 5.04. The molecular formula is C23H25N3. The Morgan fingerprint density at radius 3 is 2.65 bits per heavy atom. The molecule has 2 aromatic heterocycles. The second kappa shape index (κ2) is 6.93. The van der Waals surface area contributed by atoms with Gasteiger partial charge in [0.05, 0.1) is 11.2 Å². The van der Waals surface area contributed by atoms with Crippen molar-refractivity contribution in [1.29, 1.82) is 0 Å². The molecule has 2 aromatic carbocycles. The van der Waals surface area contributed by atoms with Crippen LogP contribution in [0, 0.1) is 13.8 Å². The molecule has 26 heavy (non-hydrogen) atoms. The van der Waals surface area contributed by atoms with Crippen LogP contribution in [0.25, 0.3) is 33.1 Å². The van der Waals surface area contributed by atoms with E-state index >= 15 is 0 Å². The van der Waals surface area contributed by atoms with E-state index in [4.69, 9.17) is 5.73 Å². The average Bonchev–Trinajstić information content (AvgIpc) is 3.05. The smallest absolute Gasteiger partial charge is 0.0708 e. The molecule has 4 rings (SSSR count). The van der Waals surface area contributed by atoms with Gasteiger partial charge in [-0.15, -0.1) is 0 Å². The first kappa shape index (κ1) is 16.8. The third-order valence-electron chi connectivity index (χ3n) is 5.27. The number of hydrogen-bond donors (Lipinski definition) is 2. The number of aryl methyl sites for hydroxylation is 3. The van der Waals surface area contributed by atoms with E-state index in [9.17, 15) is 0 Å². The molecule has 0 saturated heterocycles. The van der Waals surface area contributed by atoms with Crippen LogP contribution in [0.1, 0.15) is 29.5 Å². The predicted octanol–water partition coefficient (Wildman–Crippen LogP) is 5.28. The van der Waals surface area contributed by atoms with Gasteiger partial charge in [0.2, 0.25) is 0 Å². The molecule has 0 aliphatic heterocycles. The predicted molar refractivity (Wildman–Crippen MR) is 111 cm³/mol. The second-order valence-electron chi connectivity index (χ2n) is 7.05. The number of unbranched alkanes of at least 4 members (excludes halogenated alkanes) is 1. The van der Waals surface area contributed by atoms with E-state index in [1.54, 1.807) is 0 Å². The van der Waals surface area contributed by atoms with Crippen molar-refractivity contribution >= 4 is 21.8 Å². The Kier molecular flexibility index (Phi) is 4.48. The summed E-state index contributed by atoms with van der Waals surface area (Å²) in [7, 11) is 0. The fourth-order valence-electron chi connectivity index (χ4n) is 3.93. The molecule has 3 nitrogen and oxygen atoms in total. The number of benzene rings is 2. The van der Waals surface area contributed by atoms with Crippen LogP contribution in [-0.4, -0.2) is 16.5 Å². The second-order valence-corrected chi connectivity index (χ2v) is 7.05. The van der Waals surface area contributed by atoms with Crippen LogP contribution >= 0.6 is 0 Å². The molecule has 0 amide bonds. The number of fused-ring (bicyclic) bond motifs is 2. The van der Waals surface area contributed by atoms with Crippen LogP contribution in [0.15, 0.2) is 48.7 Å². The molecule has 0 aliphatic rings. The molecule has 0 radical (unpaired) electrons. The van der Waals surface area contributed by atoms with Crippen LogP contribution in [0.4, 0.5) is 0 Å². The van der Waals surface area contributed by atoms with Gasteiger partial charge < -0.3 is 10.7 Å². The lowest BCUT2D eigenvalue weighted by Gasteiger charge is -2.09. The van der Waals surface area contributed by atoms with Gasteiger partial charge in [-0.1, -0.05) is 30.3 Å². The third kappa shape index (κ3) is 2.78. The van der Waals surface area contributed by atoms with Crippen molar-refractivity contribution in [3.8, 4) is 11.3 Å². The van der Waals surface area contributed by atoms with Gasteiger partial charge >= 0.3 is 0 Å². The molecular weight excluding hydrogens is 318 g/mol. The minimum atomic E-state index is 0.744. The van der Waals surface area contributed by atoms with E-state index in [2.05, 4.69) is 60.2 Å². The topological polar surface area (TPSA) is 54.7 Å². The minimum absolute atomic E-state index is 0.744. The van der Waals surface area contributed by atoms with Gasteiger partial charge in [-0.05, 0) is 68.5 Å². The van der Waals surface area contributed by atoms with E-state index in [-0.39, 0.29) is 0 Å². The average molecular weight is 343 g/mol. The SMILES string of the molecule is Cc1ccc(C)c2c(CCCCN)c(-c3cccc4ncccc34)[nH]c12. The summed E-state index contributed by atoms with van der Waals surface area (Å²) in [6.45, 7) is 5.13. The van der Waals surface area contributed by atoms with Crippen molar-refractivity contribution in [2.75, 3.05) is 6.54 Å². The number of pyridine rings is 1. The monoisotopic (exact) mass is 343 g/mol. The Bertz CT molecular complexity index is 1070. The van der Waals surface area contributed by atoms with Gasteiger partial charge in [-0.25, -0.2) is 0 Å². The van der Waals surface area contributed by atoms with E-state index in [0.717, 1.165) is 31.3 Å². The van der Waals surface area contributed by atoms with Crippen molar-refractivity contribution in [2.24, 2.45) is 5.73 Å². The number of rotatable bonds is 5. The molecule has 3 N–H and O–H groups in total. The number of nitrogens with zero attached hydrogens (tertiary/aromatic N) is 1. The minimum Gasteiger partial charge on any atom is -0.354 e. The van der Waals surface area contributed by atoms with Crippen LogP contribution in [0.3, 0.4) is 0 Å². The summed E-state index contributed by atoms with van der Waals surface area (Å²) in [6, 6.07) is 15.0. The molecule has 0 aliphatic carbocycles. The van der Waals surface area contributed by atoms with E-state index in [1.807, 2.05) is 12.3 Å². The molecule has 0 spiro atoms. The molecule has 0 bridgehead atoms. The highest BCUT2D eigenvalue weighted by Gasteiger charge is 2.17. The van der Waals surface area contributed by atoms with Crippen LogP contribution in [-0.2, 0) is 6.42 Å². The van der Waals surface area contributed by atoms with Crippen molar-refractivity contribution in [3.63, 3.8) is 0 Å². The number of hydrogen-bond acceptors (Lipinski definition) is 2. The zero-order valence-electron chi connectivity index (χ0n) is 15.5. The molecule has 0 unspecified atom stereocenters. The first-order chi connectivity index (χ1) is 12.7. The molecule has 2 heterocycles. The highest BCUT2D eigenvalue weighted by Crippen LogP contribution is 2.37. The Hall–Kier alpha value is -2.65. The summed E-state index contributed by atoms with van der Waals surface area (Å²) >= 11 is 0. The normalized spacial score (nSPS) is 11.5. The summed E-state index contributed by atoms with van der Waals surface area (Å²) in [5.41, 5.74) is 14.5. The van der Waals surface area contributed by atoms with Crippen LogP contribution in [0.5, 0.6) is 0 Å². The molecule has 4 aromatic rings. The van der Waals surface area contributed by atoms with E-state index in [1.165, 1.54) is 44.2 Å². The molecule has 0 saturated carbocycles. The Labute approximate surface area is 154 Å². The molecule has 3 heteroatoms. The van der Waals surface area contributed by atoms with Gasteiger partial charge in [-0.3, -0.25) is 4.98 Å². The fraction of sp³-hybridized carbons (Fsp3) is 0.261. The molecule has 132 valence electrons. The number of nitrogens with two attached hydrogens (primary N) is 1. The van der Waals surface area contributed by atoms with Gasteiger partial charge in [0.15, 0.2) is 0 Å². The van der Waals surface area contributed by atoms with Gasteiger partial charge in [0, 0.05) is 28.0 Å². The molecule has 0 fully saturated rings. The van der Waals surface area contributed by atoms with E-state index in [0.29, 0.717) is 0 Å². The summed E-state index contributed by atoms with van der Waals surface area (Å²) in [5, 5.41) is 2.56. The highest BCUT2D eigenvalue weighted by molar-refractivity contribution is 6.01.